The summed E-state index contributed by atoms with van der Waals surface area (Å²) in [6.45, 7) is 0.640. The Morgan fingerprint density at radius 2 is 1.75 bits per heavy atom. The lowest BCUT2D eigenvalue weighted by Crippen LogP contribution is -1.94. The second-order valence-electron chi connectivity index (χ2n) is 3.98. The fourth-order valence-corrected chi connectivity index (χ4v) is 2.38. The number of carboxylic acid groups (broad SMARTS) is 1. The summed E-state index contributed by atoms with van der Waals surface area (Å²) in [6.07, 6.45) is 0. The van der Waals surface area contributed by atoms with E-state index in [0.29, 0.717) is 6.54 Å². The van der Waals surface area contributed by atoms with E-state index in [0.717, 1.165) is 10.2 Å². The quantitative estimate of drug-likeness (QED) is 0.758. The molecule has 5 heteroatoms. The van der Waals surface area contributed by atoms with Gasteiger partial charge in [0.2, 0.25) is 5.01 Å². The average Bonchev–Trinajstić information content (AvgIpc) is 2.93. The van der Waals surface area contributed by atoms with Gasteiger partial charge in [0.25, 0.3) is 0 Å². The number of nitrogens with two attached hydrogens (primary N) is 1. The zero-order valence-electron chi connectivity index (χ0n) is 10.7. The van der Waals surface area contributed by atoms with Crippen LogP contribution in [0, 0.1) is 0 Å². The molecule has 102 valence electrons. The maximum Gasteiger partial charge on any atom is 0.365 e. The lowest BCUT2D eigenvalue weighted by Gasteiger charge is -1.90. The van der Waals surface area contributed by atoms with Crippen LogP contribution >= 0.6 is 11.3 Å². The number of carboxylic acids is 1. The molecule has 4 nitrogen and oxygen atoms in total. The molecular formula is C15H14N2O2S. The van der Waals surface area contributed by atoms with E-state index in [-0.39, 0.29) is 5.01 Å². The van der Waals surface area contributed by atoms with Crippen LogP contribution in [0.2, 0.25) is 0 Å². The van der Waals surface area contributed by atoms with E-state index < -0.39 is 5.97 Å². The van der Waals surface area contributed by atoms with Crippen LogP contribution in [0.25, 0.3) is 10.2 Å². The van der Waals surface area contributed by atoms with E-state index >= 15 is 0 Å². The van der Waals surface area contributed by atoms with Crippen LogP contribution in [-0.2, 0) is 6.54 Å². The highest BCUT2D eigenvalue weighted by molar-refractivity contribution is 7.20. The number of aromatic nitrogens is 1. The summed E-state index contributed by atoms with van der Waals surface area (Å²) < 4.78 is 0.912. The van der Waals surface area contributed by atoms with Crippen molar-refractivity contribution >= 4 is 27.5 Å². The second-order valence-corrected chi connectivity index (χ2v) is 5.01. The zero-order valence-corrected chi connectivity index (χ0v) is 11.5. The Morgan fingerprint density at radius 3 is 2.30 bits per heavy atom. The minimum Gasteiger partial charge on any atom is -0.476 e. The lowest BCUT2D eigenvalue weighted by atomic mass is 10.2. The predicted octanol–water partition coefficient (Wildman–Crippen LogP) is 3.14. The van der Waals surface area contributed by atoms with E-state index in [1.165, 1.54) is 16.9 Å². The van der Waals surface area contributed by atoms with Crippen molar-refractivity contribution in [1.82, 2.24) is 4.98 Å². The number of fused-ring (bicyclic) bond motifs is 1. The molecule has 3 aromatic rings. The van der Waals surface area contributed by atoms with Crippen molar-refractivity contribution in [2.45, 2.75) is 6.54 Å². The van der Waals surface area contributed by atoms with E-state index in [9.17, 15) is 4.79 Å². The smallest absolute Gasteiger partial charge is 0.365 e. The molecule has 0 aliphatic carbocycles. The van der Waals surface area contributed by atoms with Crippen molar-refractivity contribution < 1.29 is 9.90 Å². The van der Waals surface area contributed by atoms with Crippen molar-refractivity contribution in [3.05, 3.63) is 65.2 Å². The summed E-state index contributed by atoms with van der Waals surface area (Å²) in [5.41, 5.74) is 7.29. The van der Waals surface area contributed by atoms with Gasteiger partial charge in [-0.25, -0.2) is 9.78 Å². The summed E-state index contributed by atoms with van der Waals surface area (Å²) in [5.74, 6) is -0.962. The van der Waals surface area contributed by atoms with E-state index in [4.69, 9.17) is 10.8 Å². The van der Waals surface area contributed by atoms with Crippen LogP contribution in [0.5, 0.6) is 0 Å². The summed E-state index contributed by atoms with van der Waals surface area (Å²) >= 11 is 1.19. The third-order valence-electron chi connectivity index (χ3n) is 2.56. The Labute approximate surface area is 120 Å². The number of hydrogen-bond acceptors (Lipinski definition) is 4. The molecule has 2 aromatic carbocycles. The molecule has 1 heterocycles. The Kier molecular flexibility index (Phi) is 4.81. The first-order valence-electron chi connectivity index (χ1n) is 6.03. The Hall–Kier alpha value is -2.24. The van der Waals surface area contributed by atoms with Crippen LogP contribution in [-0.4, -0.2) is 16.1 Å². The van der Waals surface area contributed by atoms with Gasteiger partial charge in [-0.2, -0.15) is 0 Å². The van der Waals surface area contributed by atoms with Crippen molar-refractivity contribution in [3.8, 4) is 0 Å². The van der Waals surface area contributed by atoms with Gasteiger partial charge < -0.3 is 10.8 Å². The van der Waals surface area contributed by atoms with E-state index in [2.05, 4.69) is 4.98 Å². The summed E-state index contributed by atoms with van der Waals surface area (Å²) in [5, 5.41) is 8.78. The molecule has 0 atom stereocenters. The van der Waals surface area contributed by atoms with Crippen LogP contribution in [0.4, 0.5) is 0 Å². The molecule has 0 bridgehead atoms. The van der Waals surface area contributed by atoms with Crippen LogP contribution < -0.4 is 5.73 Å². The standard InChI is InChI=1S/C8H5NO2S.C7H9N/c10-8(11)7-9-5-3-1-2-4-6(5)12-7;8-6-7-4-2-1-3-5-7/h1-4H,(H,10,11);1-5H,6,8H2. The number of hydrogen-bond donors (Lipinski definition) is 2. The maximum absolute atomic E-state index is 10.5. The van der Waals surface area contributed by atoms with E-state index in [1.807, 2.05) is 48.5 Å². The topological polar surface area (TPSA) is 76.2 Å². The molecule has 1 aromatic heterocycles. The van der Waals surface area contributed by atoms with Gasteiger partial charge in [-0.05, 0) is 17.7 Å². The Bertz CT molecular complexity index is 662. The molecule has 0 saturated heterocycles. The molecule has 0 aliphatic rings. The van der Waals surface area contributed by atoms with Gasteiger partial charge in [-0.1, -0.05) is 42.5 Å². The maximum atomic E-state index is 10.5. The lowest BCUT2D eigenvalue weighted by molar-refractivity contribution is 0.0696. The SMILES string of the molecule is NCc1ccccc1.O=C(O)c1nc2ccccc2s1. The van der Waals surface area contributed by atoms with E-state index in [1.54, 1.807) is 6.07 Å². The molecule has 0 fully saturated rings. The Balaban J connectivity index is 0.000000160. The number of aromatic carboxylic acids is 1. The number of thiazole rings is 1. The van der Waals surface area contributed by atoms with Gasteiger partial charge in [0, 0.05) is 6.54 Å². The zero-order chi connectivity index (χ0) is 14.4. The highest BCUT2D eigenvalue weighted by Crippen LogP contribution is 2.20. The molecule has 0 spiro atoms. The molecule has 0 saturated carbocycles. The van der Waals surface area contributed by atoms with Crippen molar-refractivity contribution in [1.29, 1.82) is 0 Å². The summed E-state index contributed by atoms with van der Waals surface area (Å²) in [6, 6.07) is 17.4. The third kappa shape index (κ3) is 3.63. The second kappa shape index (κ2) is 6.79. The predicted molar refractivity (Wildman–Crippen MR) is 80.9 cm³/mol. The van der Waals surface area contributed by atoms with Gasteiger partial charge in [-0.15, -0.1) is 11.3 Å². The van der Waals surface area contributed by atoms with Crippen molar-refractivity contribution in [2.75, 3.05) is 0 Å². The first-order chi connectivity index (χ1) is 9.70. The minimum atomic E-state index is -0.962. The fraction of sp³-hybridized carbons (Fsp3) is 0.0667. The monoisotopic (exact) mass is 286 g/mol. The molecule has 0 amide bonds. The largest absolute Gasteiger partial charge is 0.476 e. The summed E-state index contributed by atoms with van der Waals surface area (Å²) in [7, 11) is 0. The molecule has 3 rings (SSSR count). The molecule has 0 aliphatic heterocycles. The van der Waals surface area contributed by atoms with Crippen LogP contribution in [0.15, 0.2) is 54.6 Å². The molecule has 0 radical (unpaired) electrons. The van der Waals surface area contributed by atoms with Gasteiger partial charge in [0.15, 0.2) is 0 Å². The third-order valence-corrected chi connectivity index (χ3v) is 3.58. The number of para-hydroxylation sites is 1. The first kappa shape index (κ1) is 14.2. The van der Waals surface area contributed by atoms with Crippen LogP contribution in [0.1, 0.15) is 15.4 Å². The van der Waals surface area contributed by atoms with Crippen LogP contribution in [0.3, 0.4) is 0 Å². The summed E-state index contributed by atoms with van der Waals surface area (Å²) in [4.78, 5) is 14.4. The molecular weight excluding hydrogens is 272 g/mol. The first-order valence-corrected chi connectivity index (χ1v) is 6.85. The Morgan fingerprint density at radius 1 is 1.10 bits per heavy atom. The van der Waals surface area contributed by atoms with Gasteiger partial charge >= 0.3 is 5.97 Å². The van der Waals surface area contributed by atoms with Crippen molar-refractivity contribution in [2.24, 2.45) is 5.73 Å². The normalized spacial score (nSPS) is 9.85. The van der Waals surface area contributed by atoms with Gasteiger partial charge in [-0.3, -0.25) is 0 Å². The number of carbonyl (C=O) groups is 1. The molecule has 20 heavy (non-hydrogen) atoms. The number of nitrogens with zero attached hydrogens (tertiary/aromatic N) is 1. The van der Waals surface area contributed by atoms with Gasteiger partial charge in [0.1, 0.15) is 0 Å². The fourth-order valence-electron chi connectivity index (χ4n) is 1.58. The molecule has 0 unspecified atom stereocenters. The molecule has 3 N–H and O–H groups in total. The highest BCUT2D eigenvalue weighted by atomic mass is 32.1. The minimum absolute atomic E-state index is 0.149. The average molecular weight is 286 g/mol. The number of rotatable bonds is 2. The number of benzene rings is 2. The van der Waals surface area contributed by atoms with Gasteiger partial charge in [0.05, 0.1) is 10.2 Å². The van der Waals surface area contributed by atoms with Crippen molar-refractivity contribution in [3.63, 3.8) is 0 Å². The highest BCUT2D eigenvalue weighted by Gasteiger charge is 2.08.